The van der Waals surface area contributed by atoms with Gasteiger partial charge in [0.05, 0.1) is 0 Å². The summed E-state index contributed by atoms with van der Waals surface area (Å²) in [5.41, 5.74) is -0.378. The van der Waals surface area contributed by atoms with E-state index in [9.17, 15) is 13.6 Å². The van der Waals surface area contributed by atoms with Gasteiger partial charge >= 0.3 is 5.97 Å². The van der Waals surface area contributed by atoms with Gasteiger partial charge in [-0.05, 0) is 12.1 Å². The van der Waals surface area contributed by atoms with Crippen molar-refractivity contribution in [2.24, 2.45) is 5.90 Å². The smallest absolute Gasteiger partial charge is 0.368 e. The van der Waals surface area contributed by atoms with Crippen molar-refractivity contribution in [3.05, 3.63) is 29.6 Å². The predicted molar refractivity (Wildman–Crippen MR) is 33.8 cm³/mol. The Kier molecular flexibility index (Phi) is 2.29. The molecule has 0 aromatic carbocycles. The van der Waals surface area contributed by atoms with Crippen molar-refractivity contribution in [2.75, 3.05) is 0 Å². The lowest BCUT2D eigenvalue weighted by molar-refractivity contribution is 0.0494. The lowest BCUT2D eigenvalue weighted by Gasteiger charge is -1.96. The molecule has 0 unspecified atom stereocenters. The summed E-state index contributed by atoms with van der Waals surface area (Å²) in [6.07, 6.45) is 0. The van der Waals surface area contributed by atoms with Gasteiger partial charge in [-0.3, -0.25) is 0 Å². The molecule has 6 heteroatoms. The Balaban J connectivity index is 3.05. The van der Waals surface area contributed by atoms with Gasteiger partial charge in [0.25, 0.3) is 0 Å². The number of nitrogens with zero attached hydrogens (tertiary/aromatic N) is 1. The number of carbonyl (C=O) groups is 1. The van der Waals surface area contributed by atoms with Crippen molar-refractivity contribution in [3.8, 4) is 0 Å². The lowest BCUT2D eigenvalue weighted by atomic mass is 10.3. The number of rotatable bonds is 1. The molecule has 2 N–H and O–H groups in total. The fourth-order valence-corrected chi connectivity index (χ4v) is 0.591. The van der Waals surface area contributed by atoms with Crippen molar-refractivity contribution in [1.82, 2.24) is 4.98 Å². The molecule has 12 heavy (non-hydrogen) atoms. The van der Waals surface area contributed by atoms with Gasteiger partial charge in [-0.15, -0.1) is 0 Å². The largest absolute Gasteiger partial charge is 0.375 e. The van der Waals surface area contributed by atoms with Crippen molar-refractivity contribution in [3.63, 3.8) is 0 Å². The molecule has 0 amide bonds. The normalized spacial score (nSPS) is 9.58. The zero-order valence-electron chi connectivity index (χ0n) is 5.75. The minimum absolute atomic E-state index is 0.378. The van der Waals surface area contributed by atoms with Crippen molar-refractivity contribution >= 4 is 5.97 Å². The highest BCUT2D eigenvalue weighted by molar-refractivity contribution is 5.86. The zero-order valence-corrected chi connectivity index (χ0v) is 5.75. The summed E-state index contributed by atoms with van der Waals surface area (Å²) < 4.78 is 24.6. The Morgan fingerprint density at radius 1 is 1.50 bits per heavy atom. The first kappa shape index (κ1) is 8.54. The molecule has 0 aliphatic heterocycles. The molecule has 1 aromatic heterocycles. The molecule has 1 rings (SSSR count). The highest BCUT2D eigenvalue weighted by Crippen LogP contribution is 2.04. The first-order valence-electron chi connectivity index (χ1n) is 2.88. The molecule has 1 aromatic rings. The molecule has 0 aliphatic carbocycles. The monoisotopic (exact) mass is 174 g/mol. The molecule has 0 saturated carbocycles. The molecule has 0 aliphatic rings. The van der Waals surface area contributed by atoms with Crippen LogP contribution in [0.4, 0.5) is 8.78 Å². The Hall–Kier alpha value is -1.56. The number of carbonyl (C=O) groups excluding carboxylic acids is 1. The Labute approximate surface area is 65.9 Å². The number of hydrogen-bond acceptors (Lipinski definition) is 4. The lowest BCUT2D eigenvalue weighted by Crippen LogP contribution is -2.12. The van der Waals surface area contributed by atoms with Crippen LogP contribution in [0.15, 0.2) is 12.1 Å². The first-order chi connectivity index (χ1) is 5.65. The number of halogens is 2. The Morgan fingerprint density at radius 3 is 2.67 bits per heavy atom. The van der Waals surface area contributed by atoms with Crippen LogP contribution in [0.2, 0.25) is 0 Å². The molecular formula is C6H4F2N2O2. The van der Waals surface area contributed by atoms with Crippen LogP contribution in [0.5, 0.6) is 0 Å². The second-order valence-corrected chi connectivity index (χ2v) is 1.87. The third-order valence-corrected chi connectivity index (χ3v) is 1.12. The van der Waals surface area contributed by atoms with E-state index in [1.54, 1.807) is 0 Å². The summed E-state index contributed by atoms with van der Waals surface area (Å²) >= 11 is 0. The van der Waals surface area contributed by atoms with Crippen LogP contribution in [0.25, 0.3) is 0 Å². The summed E-state index contributed by atoms with van der Waals surface area (Å²) in [4.78, 5) is 17.3. The van der Waals surface area contributed by atoms with Crippen LogP contribution in [-0.2, 0) is 4.84 Å². The zero-order chi connectivity index (χ0) is 9.14. The average molecular weight is 174 g/mol. The summed E-state index contributed by atoms with van der Waals surface area (Å²) in [7, 11) is 0. The van der Waals surface area contributed by atoms with Gasteiger partial charge in [-0.25, -0.2) is 14.2 Å². The molecular weight excluding hydrogens is 170 g/mol. The van der Waals surface area contributed by atoms with Crippen LogP contribution in [0, 0.1) is 11.8 Å². The minimum Gasteiger partial charge on any atom is -0.368 e. The van der Waals surface area contributed by atoms with Gasteiger partial charge < -0.3 is 4.84 Å². The van der Waals surface area contributed by atoms with Crippen LogP contribution in [-0.4, -0.2) is 11.0 Å². The second kappa shape index (κ2) is 3.22. The summed E-state index contributed by atoms with van der Waals surface area (Å²) in [5, 5.41) is 0. The number of pyridine rings is 1. The molecule has 0 atom stereocenters. The molecule has 0 radical (unpaired) electrons. The van der Waals surface area contributed by atoms with Gasteiger partial charge in [0, 0.05) is 0 Å². The third-order valence-electron chi connectivity index (χ3n) is 1.12. The van der Waals surface area contributed by atoms with Gasteiger partial charge in [0.2, 0.25) is 5.95 Å². The average Bonchev–Trinajstić information content (AvgIpc) is 2.08. The maximum atomic E-state index is 12.3. The van der Waals surface area contributed by atoms with Gasteiger partial charge in [-0.2, -0.15) is 10.3 Å². The summed E-state index contributed by atoms with van der Waals surface area (Å²) in [6, 6.07) is 1.72. The van der Waals surface area contributed by atoms with E-state index in [0.717, 1.165) is 12.1 Å². The van der Waals surface area contributed by atoms with E-state index in [1.165, 1.54) is 0 Å². The van der Waals surface area contributed by atoms with E-state index in [-0.39, 0.29) is 5.69 Å². The standard InChI is InChI=1S/C6H4F2N2O2/c7-3-1-2-4(6(11)12-9)10-5(3)8/h1-2H,9H2. The molecule has 0 spiro atoms. The second-order valence-electron chi connectivity index (χ2n) is 1.87. The SMILES string of the molecule is NOC(=O)c1ccc(F)c(F)n1. The number of hydrogen-bond donors (Lipinski definition) is 1. The number of nitrogens with two attached hydrogens (primary N) is 1. The molecule has 0 saturated heterocycles. The summed E-state index contributed by atoms with van der Waals surface area (Å²) in [5.74, 6) is 0.968. The maximum absolute atomic E-state index is 12.3. The van der Waals surface area contributed by atoms with E-state index in [0.29, 0.717) is 0 Å². The fourth-order valence-electron chi connectivity index (χ4n) is 0.591. The highest BCUT2D eigenvalue weighted by atomic mass is 19.2. The quantitative estimate of drug-likeness (QED) is 0.494. The fraction of sp³-hybridized carbons (Fsp3) is 0. The molecule has 0 fully saturated rings. The van der Waals surface area contributed by atoms with Gasteiger partial charge in [-0.1, -0.05) is 0 Å². The molecule has 1 heterocycles. The minimum atomic E-state index is -1.36. The third kappa shape index (κ3) is 1.54. The van der Waals surface area contributed by atoms with E-state index < -0.39 is 17.7 Å². The highest BCUT2D eigenvalue weighted by Gasteiger charge is 2.11. The van der Waals surface area contributed by atoms with Crippen molar-refractivity contribution in [1.29, 1.82) is 0 Å². The van der Waals surface area contributed by atoms with Gasteiger partial charge in [0.1, 0.15) is 0 Å². The molecule has 4 nitrogen and oxygen atoms in total. The Morgan fingerprint density at radius 2 is 2.17 bits per heavy atom. The van der Waals surface area contributed by atoms with Crippen LogP contribution >= 0.6 is 0 Å². The topological polar surface area (TPSA) is 65.2 Å². The van der Waals surface area contributed by atoms with Crippen molar-refractivity contribution < 1.29 is 18.4 Å². The molecule has 0 bridgehead atoms. The van der Waals surface area contributed by atoms with Crippen LogP contribution in [0.3, 0.4) is 0 Å². The van der Waals surface area contributed by atoms with E-state index in [1.807, 2.05) is 0 Å². The van der Waals surface area contributed by atoms with Crippen LogP contribution < -0.4 is 5.90 Å². The van der Waals surface area contributed by atoms with Crippen LogP contribution in [0.1, 0.15) is 10.5 Å². The van der Waals surface area contributed by atoms with E-state index >= 15 is 0 Å². The first-order valence-corrected chi connectivity index (χ1v) is 2.88. The van der Waals surface area contributed by atoms with Gasteiger partial charge in [0.15, 0.2) is 11.5 Å². The van der Waals surface area contributed by atoms with Crippen molar-refractivity contribution in [2.45, 2.75) is 0 Å². The van der Waals surface area contributed by atoms with E-state index in [4.69, 9.17) is 0 Å². The predicted octanol–water partition coefficient (Wildman–Crippen LogP) is 0.390. The maximum Gasteiger partial charge on any atom is 0.375 e. The summed E-state index contributed by atoms with van der Waals surface area (Å²) in [6.45, 7) is 0. The number of aromatic nitrogens is 1. The molecule has 64 valence electrons. The van der Waals surface area contributed by atoms with E-state index in [2.05, 4.69) is 15.7 Å². The Bertz CT molecular complexity index is 316.